The van der Waals surface area contributed by atoms with E-state index in [4.69, 9.17) is 4.74 Å². The molecule has 0 saturated carbocycles. The number of benzene rings is 1. The van der Waals surface area contributed by atoms with E-state index in [9.17, 15) is 4.79 Å². The van der Waals surface area contributed by atoms with Crippen LogP contribution >= 0.6 is 0 Å². The standard InChI is InChI=1S/C24H31N5O2/c1-17-22(18(2)29-24(27-17)25-16-26-29)10-11-23(30)28-14-12-20(13-15-28)5-4-19-6-8-21(31-3)9-7-19/h6-9,16,20H,4-5,10-15H2,1-3H3. The molecule has 3 aromatic rings. The molecule has 3 heterocycles. The Morgan fingerprint density at radius 3 is 2.58 bits per heavy atom. The predicted octanol–water partition coefficient (Wildman–Crippen LogP) is 3.55. The minimum absolute atomic E-state index is 0.242. The Morgan fingerprint density at radius 2 is 1.87 bits per heavy atom. The number of rotatable bonds is 7. The summed E-state index contributed by atoms with van der Waals surface area (Å²) in [5.41, 5.74) is 4.40. The van der Waals surface area contributed by atoms with Gasteiger partial charge in [-0.2, -0.15) is 10.1 Å². The van der Waals surface area contributed by atoms with E-state index < -0.39 is 0 Å². The molecule has 0 bridgehead atoms. The summed E-state index contributed by atoms with van der Waals surface area (Å²) in [5.74, 6) is 2.44. The van der Waals surface area contributed by atoms with E-state index in [1.807, 2.05) is 30.9 Å². The summed E-state index contributed by atoms with van der Waals surface area (Å²) in [6.45, 7) is 5.73. The fourth-order valence-electron chi connectivity index (χ4n) is 4.54. The maximum atomic E-state index is 12.8. The van der Waals surface area contributed by atoms with Crippen LogP contribution in [0.2, 0.25) is 0 Å². The number of hydrogen-bond donors (Lipinski definition) is 0. The SMILES string of the molecule is COc1ccc(CCC2CCN(C(=O)CCc3c(C)nc4ncnn4c3C)CC2)cc1. The third kappa shape index (κ3) is 4.86. The molecule has 31 heavy (non-hydrogen) atoms. The van der Waals surface area contributed by atoms with Gasteiger partial charge in [-0.1, -0.05) is 12.1 Å². The van der Waals surface area contributed by atoms with Gasteiger partial charge in [-0.05, 0) is 75.1 Å². The first kappa shape index (κ1) is 21.3. The topological polar surface area (TPSA) is 72.6 Å². The number of carbonyl (C=O) groups is 1. The molecule has 7 heteroatoms. The summed E-state index contributed by atoms with van der Waals surface area (Å²) in [6, 6.07) is 8.34. The molecule has 0 aliphatic carbocycles. The van der Waals surface area contributed by atoms with Gasteiger partial charge in [0.25, 0.3) is 5.78 Å². The van der Waals surface area contributed by atoms with E-state index in [-0.39, 0.29) is 5.91 Å². The summed E-state index contributed by atoms with van der Waals surface area (Å²) in [7, 11) is 1.69. The lowest BCUT2D eigenvalue weighted by molar-refractivity contribution is -0.132. The number of ether oxygens (including phenoxy) is 1. The number of piperidine rings is 1. The van der Waals surface area contributed by atoms with Gasteiger partial charge in [0.15, 0.2) is 0 Å². The Balaban J connectivity index is 1.25. The Hall–Kier alpha value is -2.96. The van der Waals surface area contributed by atoms with Gasteiger partial charge in [0.2, 0.25) is 5.91 Å². The number of hydrogen-bond acceptors (Lipinski definition) is 5. The number of fused-ring (bicyclic) bond motifs is 1. The van der Waals surface area contributed by atoms with E-state index in [2.05, 4.69) is 27.2 Å². The largest absolute Gasteiger partial charge is 0.497 e. The van der Waals surface area contributed by atoms with Crippen molar-refractivity contribution in [2.75, 3.05) is 20.2 Å². The van der Waals surface area contributed by atoms with Gasteiger partial charge < -0.3 is 9.64 Å². The monoisotopic (exact) mass is 421 g/mol. The molecule has 1 fully saturated rings. The minimum atomic E-state index is 0.242. The first-order chi connectivity index (χ1) is 15.0. The Bertz CT molecular complexity index is 1040. The smallest absolute Gasteiger partial charge is 0.252 e. The van der Waals surface area contributed by atoms with Gasteiger partial charge in [-0.3, -0.25) is 4.79 Å². The van der Waals surface area contributed by atoms with Crippen molar-refractivity contribution in [3.05, 3.63) is 53.1 Å². The Morgan fingerprint density at radius 1 is 1.13 bits per heavy atom. The first-order valence-corrected chi connectivity index (χ1v) is 11.1. The van der Waals surface area contributed by atoms with E-state index in [0.29, 0.717) is 24.5 Å². The number of nitrogens with zero attached hydrogens (tertiary/aromatic N) is 5. The highest BCUT2D eigenvalue weighted by atomic mass is 16.5. The van der Waals surface area contributed by atoms with Crippen LogP contribution in [-0.2, 0) is 17.6 Å². The van der Waals surface area contributed by atoms with Crippen molar-refractivity contribution in [1.29, 1.82) is 0 Å². The van der Waals surface area contributed by atoms with E-state index in [0.717, 1.165) is 55.1 Å². The highest BCUT2D eigenvalue weighted by molar-refractivity contribution is 5.76. The van der Waals surface area contributed by atoms with Crippen molar-refractivity contribution in [2.45, 2.75) is 52.4 Å². The van der Waals surface area contributed by atoms with Crippen molar-refractivity contribution in [3.63, 3.8) is 0 Å². The highest BCUT2D eigenvalue weighted by Gasteiger charge is 2.23. The van der Waals surface area contributed by atoms with Gasteiger partial charge in [0.1, 0.15) is 12.1 Å². The van der Waals surface area contributed by atoms with Gasteiger partial charge in [0, 0.05) is 30.9 Å². The second-order valence-corrected chi connectivity index (χ2v) is 8.44. The number of carbonyl (C=O) groups excluding carboxylic acids is 1. The van der Waals surface area contributed by atoms with Gasteiger partial charge in [-0.25, -0.2) is 9.50 Å². The molecule has 1 amide bonds. The van der Waals surface area contributed by atoms with Crippen LogP contribution < -0.4 is 4.74 Å². The third-order valence-electron chi connectivity index (χ3n) is 6.55. The zero-order chi connectivity index (χ0) is 21.8. The predicted molar refractivity (Wildman–Crippen MR) is 119 cm³/mol. The van der Waals surface area contributed by atoms with Crippen LogP contribution in [0.3, 0.4) is 0 Å². The Labute approximate surface area is 183 Å². The average molecular weight is 422 g/mol. The van der Waals surface area contributed by atoms with Crippen LogP contribution in [0.4, 0.5) is 0 Å². The molecule has 7 nitrogen and oxygen atoms in total. The fourth-order valence-corrected chi connectivity index (χ4v) is 4.54. The molecule has 4 rings (SSSR count). The fraction of sp³-hybridized carbons (Fsp3) is 0.500. The molecule has 164 valence electrons. The molecule has 2 aromatic heterocycles. The molecule has 0 spiro atoms. The number of methoxy groups -OCH3 is 1. The van der Waals surface area contributed by atoms with Crippen LogP contribution in [0, 0.1) is 19.8 Å². The number of aromatic nitrogens is 4. The summed E-state index contributed by atoms with van der Waals surface area (Å²) < 4.78 is 6.98. The second-order valence-electron chi connectivity index (χ2n) is 8.44. The van der Waals surface area contributed by atoms with E-state index >= 15 is 0 Å². The summed E-state index contributed by atoms with van der Waals surface area (Å²) in [6.07, 6.45) is 7.16. The number of amides is 1. The molecule has 0 radical (unpaired) electrons. The summed E-state index contributed by atoms with van der Waals surface area (Å²) in [4.78, 5) is 23.5. The van der Waals surface area contributed by atoms with Gasteiger partial charge in [-0.15, -0.1) is 0 Å². The zero-order valence-corrected chi connectivity index (χ0v) is 18.7. The molecular weight excluding hydrogens is 390 g/mol. The maximum absolute atomic E-state index is 12.8. The number of aryl methyl sites for hydroxylation is 3. The van der Waals surface area contributed by atoms with Crippen molar-refractivity contribution in [2.24, 2.45) is 5.92 Å². The van der Waals surface area contributed by atoms with E-state index in [1.54, 1.807) is 11.6 Å². The van der Waals surface area contributed by atoms with Crippen molar-refractivity contribution < 1.29 is 9.53 Å². The molecule has 0 N–H and O–H groups in total. The average Bonchev–Trinajstić information content (AvgIpc) is 3.26. The van der Waals surface area contributed by atoms with Crippen molar-refractivity contribution >= 4 is 11.7 Å². The molecule has 1 saturated heterocycles. The van der Waals surface area contributed by atoms with Gasteiger partial charge in [0.05, 0.1) is 7.11 Å². The van der Waals surface area contributed by atoms with Crippen LogP contribution in [0.15, 0.2) is 30.6 Å². The molecule has 0 unspecified atom stereocenters. The molecule has 1 aliphatic rings. The highest BCUT2D eigenvalue weighted by Crippen LogP contribution is 2.24. The zero-order valence-electron chi connectivity index (χ0n) is 18.7. The lowest BCUT2D eigenvalue weighted by Crippen LogP contribution is -2.38. The van der Waals surface area contributed by atoms with Crippen LogP contribution in [0.25, 0.3) is 5.78 Å². The number of likely N-dealkylation sites (tertiary alicyclic amines) is 1. The summed E-state index contributed by atoms with van der Waals surface area (Å²) in [5, 5.41) is 4.23. The van der Waals surface area contributed by atoms with E-state index in [1.165, 1.54) is 18.3 Å². The molecule has 1 aliphatic heterocycles. The van der Waals surface area contributed by atoms with Gasteiger partial charge >= 0.3 is 0 Å². The minimum Gasteiger partial charge on any atom is -0.497 e. The van der Waals surface area contributed by atoms with Crippen LogP contribution in [-0.4, -0.2) is 50.6 Å². The van der Waals surface area contributed by atoms with Crippen LogP contribution in [0.1, 0.15) is 48.2 Å². The first-order valence-electron chi connectivity index (χ1n) is 11.1. The summed E-state index contributed by atoms with van der Waals surface area (Å²) >= 11 is 0. The second kappa shape index (κ2) is 9.45. The third-order valence-corrected chi connectivity index (χ3v) is 6.55. The normalized spacial score (nSPS) is 14.9. The molecule has 0 atom stereocenters. The quantitative estimate of drug-likeness (QED) is 0.583. The van der Waals surface area contributed by atoms with Crippen molar-refractivity contribution in [3.8, 4) is 5.75 Å². The van der Waals surface area contributed by atoms with Crippen molar-refractivity contribution in [1.82, 2.24) is 24.5 Å². The molecule has 1 aromatic carbocycles. The lowest BCUT2D eigenvalue weighted by atomic mass is 9.90. The Kier molecular flexibility index (Phi) is 6.49. The lowest BCUT2D eigenvalue weighted by Gasteiger charge is -2.32. The van der Waals surface area contributed by atoms with Crippen LogP contribution in [0.5, 0.6) is 5.75 Å². The molecular formula is C24H31N5O2. The maximum Gasteiger partial charge on any atom is 0.252 e.